The number of aliphatic hydroxyl groups is 2. The predicted octanol–water partition coefficient (Wildman–Crippen LogP) is 1.55. The SMILES string of the molecule is CC1CCCC(OCC(O)CNC(C)C(C)CO)C1. The van der Waals surface area contributed by atoms with E-state index in [0.717, 1.165) is 18.8 Å². The van der Waals surface area contributed by atoms with E-state index in [2.05, 4.69) is 12.2 Å². The molecule has 4 heteroatoms. The Morgan fingerprint density at radius 1 is 1.32 bits per heavy atom. The zero-order valence-electron chi connectivity index (χ0n) is 12.6. The Morgan fingerprint density at radius 3 is 2.68 bits per heavy atom. The van der Waals surface area contributed by atoms with Gasteiger partial charge < -0.3 is 20.3 Å². The van der Waals surface area contributed by atoms with Crippen LogP contribution in [0.4, 0.5) is 0 Å². The molecular formula is C15H31NO3. The first kappa shape index (κ1) is 16.9. The van der Waals surface area contributed by atoms with Crippen LogP contribution in [0.1, 0.15) is 46.5 Å². The van der Waals surface area contributed by atoms with Crippen LogP contribution in [0.5, 0.6) is 0 Å². The van der Waals surface area contributed by atoms with E-state index < -0.39 is 6.10 Å². The molecule has 0 amide bonds. The molecular weight excluding hydrogens is 242 g/mol. The minimum Gasteiger partial charge on any atom is -0.396 e. The van der Waals surface area contributed by atoms with Crippen molar-refractivity contribution < 1.29 is 14.9 Å². The maximum Gasteiger partial charge on any atom is 0.0897 e. The van der Waals surface area contributed by atoms with E-state index in [4.69, 9.17) is 9.84 Å². The molecule has 0 spiro atoms. The van der Waals surface area contributed by atoms with Gasteiger partial charge in [-0.15, -0.1) is 0 Å². The largest absolute Gasteiger partial charge is 0.396 e. The molecule has 1 fully saturated rings. The van der Waals surface area contributed by atoms with Crippen LogP contribution in [-0.2, 0) is 4.74 Å². The molecule has 0 aliphatic heterocycles. The van der Waals surface area contributed by atoms with Gasteiger partial charge in [-0.05, 0) is 31.6 Å². The van der Waals surface area contributed by atoms with E-state index >= 15 is 0 Å². The summed E-state index contributed by atoms with van der Waals surface area (Å²) >= 11 is 0. The van der Waals surface area contributed by atoms with E-state index in [1.807, 2.05) is 13.8 Å². The molecule has 1 saturated carbocycles. The molecule has 0 aromatic rings. The highest BCUT2D eigenvalue weighted by atomic mass is 16.5. The van der Waals surface area contributed by atoms with Gasteiger partial charge in [-0.1, -0.05) is 26.7 Å². The van der Waals surface area contributed by atoms with Crippen LogP contribution in [0.3, 0.4) is 0 Å². The van der Waals surface area contributed by atoms with Crippen LogP contribution in [0, 0.1) is 11.8 Å². The first-order chi connectivity index (χ1) is 9.02. The van der Waals surface area contributed by atoms with Gasteiger partial charge in [-0.25, -0.2) is 0 Å². The van der Waals surface area contributed by atoms with Crippen molar-refractivity contribution in [2.24, 2.45) is 11.8 Å². The Labute approximate surface area is 117 Å². The van der Waals surface area contributed by atoms with Crippen molar-refractivity contribution in [2.75, 3.05) is 19.8 Å². The lowest BCUT2D eigenvalue weighted by Crippen LogP contribution is -2.40. The number of aliphatic hydroxyl groups excluding tert-OH is 2. The van der Waals surface area contributed by atoms with Gasteiger partial charge in [-0.3, -0.25) is 0 Å². The molecule has 1 aliphatic carbocycles. The van der Waals surface area contributed by atoms with Gasteiger partial charge in [0.2, 0.25) is 0 Å². The van der Waals surface area contributed by atoms with Crippen molar-refractivity contribution in [3.63, 3.8) is 0 Å². The van der Waals surface area contributed by atoms with Crippen molar-refractivity contribution in [1.82, 2.24) is 5.32 Å². The monoisotopic (exact) mass is 273 g/mol. The maximum atomic E-state index is 9.90. The molecule has 0 saturated heterocycles. The topological polar surface area (TPSA) is 61.7 Å². The van der Waals surface area contributed by atoms with Crippen LogP contribution < -0.4 is 5.32 Å². The van der Waals surface area contributed by atoms with Crippen molar-refractivity contribution >= 4 is 0 Å². The standard InChI is InChI=1S/C15H31NO3/c1-11-5-4-6-15(7-11)19-10-14(18)8-16-13(3)12(2)9-17/h11-18H,4-10H2,1-3H3. The summed E-state index contributed by atoms with van der Waals surface area (Å²) < 4.78 is 5.79. The fourth-order valence-electron chi connectivity index (χ4n) is 2.52. The van der Waals surface area contributed by atoms with Crippen molar-refractivity contribution in [1.29, 1.82) is 0 Å². The normalized spacial score (nSPS) is 28.9. The minimum atomic E-state index is -0.467. The third kappa shape index (κ3) is 6.70. The van der Waals surface area contributed by atoms with Crippen LogP contribution in [0.25, 0.3) is 0 Å². The fourth-order valence-corrected chi connectivity index (χ4v) is 2.52. The molecule has 1 aliphatic rings. The Hall–Kier alpha value is -0.160. The average molecular weight is 273 g/mol. The molecule has 0 radical (unpaired) electrons. The second-order valence-corrected chi connectivity index (χ2v) is 6.24. The third-order valence-electron chi connectivity index (χ3n) is 4.23. The summed E-state index contributed by atoms with van der Waals surface area (Å²) in [5, 5.41) is 22.2. The molecule has 0 aromatic heterocycles. The average Bonchev–Trinajstić information content (AvgIpc) is 2.41. The molecule has 3 N–H and O–H groups in total. The smallest absolute Gasteiger partial charge is 0.0897 e. The Morgan fingerprint density at radius 2 is 2.05 bits per heavy atom. The molecule has 0 aromatic carbocycles. The Kier molecular flexibility index (Phi) is 7.91. The van der Waals surface area contributed by atoms with E-state index in [-0.39, 0.29) is 18.6 Å². The molecule has 5 atom stereocenters. The molecule has 114 valence electrons. The van der Waals surface area contributed by atoms with E-state index in [9.17, 15) is 5.11 Å². The van der Waals surface area contributed by atoms with Gasteiger partial charge >= 0.3 is 0 Å². The van der Waals surface area contributed by atoms with Gasteiger partial charge in [0.25, 0.3) is 0 Å². The summed E-state index contributed by atoms with van der Waals surface area (Å²) in [7, 11) is 0. The van der Waals surface area contributed by atoms with E-state index in [1.54, 1.807) is 0 Å². The first-order valence-corrected chi connectivity index (χ1v) is 7.66. The number of hydrogen-bond acceptors (Lipinski definition) is 4. The zero-order chi connectivity index (χ0) is 14.3. The predicted molar refractivity (Wildman–Crippen MR) is 77.1 cm³/mol. The lowest BCUT2D eigenvalue weighted by Gasteiger charge is -2.28. The number of hydrogen-bond donors (Lipinski definition) is 3. The lowest BCUT2D eigenvalue weighted by atomic mass is 9.89. The van der Waals surface area contributed by atoms with Crippen LogP contribution in [0.15, 0.2) is 0 Å². The van der Waals surface area contributed by atoms with Gasteiger partial charge in [0.15, 0.2) is 0 Å². The molecule has 5 unspecified atom stereocenters. The van der Waals surface area contributed by atoms with Gasteiger partial charge in [0.05, 0.1) is 18.8 Å². The van der Waals surface area contributed by atoms with Gasteiger partial charge in [-0.2, -0.15) is 0 Å². The second kappa shape index (κ2) is 8.90. The Balaban J connectivity index is 2.12. The quantitative estimate of drug-likeness (QED) is 0.628. The summed E-state index contributed by atoms with van der Waals surface area (Å²) in [6.07, 6.45) is 4.66. The number of rotatable bonds is 8. The van der Waals surface area contributed by atoms with Gasteiger partial charge in [0.1, 0.15) is 0 Å². The summed E-state index contributed by atoms with van der Waals surface area (Å²) in [6, 6.07) is 0.203. The first-order valence-electron chi connectivity index (χ1n) is 7.66. The lowest BCUT2D eigenvalue weighted by molar-refractivity contribution is -0.0315. The van der Waals surface area contributed by atoms with Crippen LogP contribution >= 0.6 is 0 Å². The summed E-state index contributed by atoms with van der Waals surface area (Å²) in [5.41, 5.74) is 0. The van der Waals surface area contributed by atoms with Gasteiger partial charge in [0, 0.05) is 19.2 Å². The second-order valence-electron chi connectivity index (χ2n) is 6.24. The number of ether oxygens (including phenoxy) is 1. The highest BCUT2D eigenvalue weighted by Crippen LogP contribution is 2.25. The zero-order valence-corrected chi connectivity index (χ0v) is 12.6. The van der Waals surface area contributed by atoms with Crippen molar-refractivity contribution in [3.05, 3.63) is 0 Å². The summed E-state index contributed by atoms with van der Waals surface area (Å²) in [4.78, 5) is 0. The molecule has 0 heterocycles. The van der Waals surface area contributed by atoms with Crippen molar-refractivity contribution in [2.45, 2.75) is 64.7 Å². The van der Waals surface area contributed by atoms with E-state index in [0.29, 0.717) is 19.3 Å². The summed E-state index contributed by atoms with van der Waals surface area (Å²) in [6.45, 7) is 7.38. The summed E-state index contributed by atoms with van der Waals surface area (Å²) in [5.74, 6) is 0.951. The molecule has 19 heavy (non-hydrogen) atoms. The highest BCUT2D eigenvalue weighted by molar-refractivity contribution is 4.73. The minimum absolute atomic E-state index is 0.167. The molecule has 4 nitrogen and oxygen atoms in total. The molecule has 1 rings (SSSR count). The Bertz CT molecular complexity index is 237. The highest BCUT2D eigenvalue weighted by Gasteiger charge is 2.20. The number of nitrogens with one attached hydrogen (secondary N) is 1. The van der Waals surface area contributed by atoms with Crippen LogP contribution in [-0.4, -0.2) is 48.2 Å². The third-order valence-corrected chi connectivity index (χ3v) is 4.23. The molecule has 0 bridgehead atoms. The van der Waals surface area contributed by atoms with E-state index in [1.165, 1.54) is 12.8 Å². The van der Waals surface area contributed by atoms with Crippen molar-refractivity contribution in [3.8, 4) is 0 Å². The van der Waals surface area contributed by atoms with Crippen LogP contribution in [0.2, 0.25) is 0 Å². The maximum absolute atomic E-state index is 9.90. The fraction of sp³-hybridized carbons (Fsp3) is 1.00.